The zero-order valence-corrected chi connectivity index (χ0v) is 18.9. The smallest absolute Gasteiger partial charge is 0.277 e. The average Bonchev–Trinajstić information content (AvgIpc) is 3.52. The summed E-state index contributed by atoms with van der Waals surface area (Å²) in [5.41, 5.74) is 1.50. The molecule has 4 aliphatic rings. The fourth-order valence-electron chi connectivity index (χ4n) is 6.57. The fourth-order valence-corrected chi connectivity index (χ4v) is 6.57. The van der Waals surface area contributed by atoms with E-state index < -0.39 is 34.3 Å². The maximum absolute atomic E-state index is 15.1. The highest BCUT2D eigenvalue weighted by Gasteiger charge is 2.59. The number of carbonyl (C=O) groups excluding carboxylic acids is 1. The third-order valence-corrected chi connectivity index (χ3v) is 8.23. The van der Waals surface area contributed by atoms with Crippen LogP contribution in [0.2, 0.25) is 0 Å². The maximum Gasteiger partial charge on any atom is 0.277 e. The standard InChI is InChI=1S/C27H23F2N3O3/c28-21-8-7-20-18(23(21)29)12-17-11-16-3-1-2-4-19(16)27(17,20)32-14-30(13-15-5-6-15)26(35)24-25(34)22(33)9-10-31(24)32/h1-4,7-10,15,17,34H,5-6,11-14H2. The Bertz CT molecular complexity index is 1480. The molecule has 0 spiro atoms. The number of fused-ring (bicyclic) bond motifs is 6. The van der Waals surface area contributed by atoms with Gasteiger partial charge in [0.2, 0.25) is 5.43 Å². The molecule has 3 aromatic rings. The Hall–Kier alpha value is -3.68. The molecular weight excluding hydrogens is 452 g/mol. The SMILES string of the molecule is O=C1c2c(O)c(=O)ccn2N(C23c4ccccc4CC2Cc2c3ccc(F)c2F)CN1CC1CC1. The van der Waals surface area contributed by atoms with Gasteiger partial charge in [0.1, 0.15) is 12.2 Å². The number of hydrogen-bond acceptors (Lipinski definition) is 4. The zero-order chi connectivity index (χ0) is 24.1. The molecule has 178 valence electrons. The van der Waals surface area contributed by atoms with Gasteiger partial charge in [0.25, 0.3) is 5.91 Å². The number of benzene rings is 2. The van der Waals surface area contributed by atoms with E-state index in [-0.39, 0.29) is 18.3 Å². The average molecular weight is 475 g/mol. The first kappa shape index (κ1) is 20.7. The molecule has 1 saturated carbocycles. The van der Waals surface area contributed by atoms with Crippen molar-refractivity contribution in [2.45, 2.75) is 31.2 Å². The number of aromatic hydroxyl groups is 1. The number of carbonyl (C=O) groups is 1. The summed E-state index contributed by atoms with van der Waals surface area (Å²) in [6, 6.07) is 12.0. The van der Waals surface area contributed by atoms with Gasteiger partial charge in [0.05, 0.1) is 0 Å². The lowest BCUT2D eigenvalue weighted by Crippen LogP contribution is -2.63. The van der Waals surface area contributed by atoms with Gasteiger partial charge < -0.3 is 10.0 Å². The number of pyridine rings is 1. The number of rotatable bonds is 3. The molecule has 7 rings (SSSR count). The highest BCUT2D eigenvalue weighted by Crippen LogP contribution is 2.57. The first-order chi connectivity index (χ1) is 16.9. The van der Waals surface area contributed by atoms with E-state index in [4.69, 9.17) is 0 Å². The Kier molecular flexibility index (Phi) is 4.09. The third kappa shape index (κ3) is 2.62. The molecule has 2 heterocycles. The van der Waals surface area contributed by atoms with Gasteiger partial charge in [-0.3, -0.25) is 19.3 Å². The summed E-state index contributed by atoms with van der Waals surface area (Å²) in [4.78, 5) is 27.5. The maximum atomic E-state index is 15.1. The Balaban J connectivity index is 1.53. The van der Waals surface area contributed by atoms with E-state index in [1.54, 1.807) is 15.6 Å². The normalized spacial score (nSPS) is 24.3. The molecule has 0 bridgehead atoms. The van der Waals surface area contributed by atoms with Crippen molar-refractivity contribution in [2.24, 2.45) is 11.8 Å². The van der Waals surface area contributed by atoms with Crippen LogP contribution in [-0.4, -0.2) is 33.8 Å². The molecule has 35 heavy (non-hydrogen) atoms. The molecule has 1 N–H and O–H groups in total. The second-order valence-electron chi connectivity index (χ2n) is 10.1. The van der Waals surface area contributed by atoms with E-state index in [0.717, 1.165) is 24.0 Å². The van der Waals surface area contributed by atoms with Crippen molar-refractivity contribution in [3.63, 3.8) is 0 Å². The van der Waals surface area contributed by atoms with E-state index in [9.17, 15) is 19.1 Å². The van der Waals surface area contributed by atoms with Crippen molar-refractivity contribution in [1.29, 1.82) is 0 Å². The zero-order valence-electron chi connectivity index (χ0n) is 18.9. The summed E-state index contributed by atoms with van der Waals surface area (Å²) in [7, 11) is 0. The molecule has 1 aliphatic heterocycles. The van der Waals surface area contributed by atoms with Crippen LogP contribution < -0.4 is 10.4 Å². The van der Waals surface area contributed by atoms with Gasteiger partial charge in [-0.2, -0.15) is 0 Å². The van der Waals surface area contributed by atoms with Gasteiger partial charge in [-0.1, -0.05) is 30.3 Å². The van der Waals surface area contributed by atoms with Crippen LogP contribution in [0.1, 0.15) is 45.6 Å². The predicted molar refractivity (Wildman–Crippen MR) is 124 cm³/mol. The summed E-state index contributed by atoms with van der Waals surface area (Å²) in [5.74, 6) is -2.43. The largest absolute Gasteiger partial charge is 0.502 e. The number of nitrogens with zero attached hydrogens (tertiary/aromatic N) is 3. The van der Waals surface area contributed by atoms with Crippen LogP contribution >= 0.6 is 0 Å². The van der Waals surface area contributed by atoms with E-state index in [1.165, 1.54) is 18.3 Å². The van der Waals surface area contributed by atoms with Crippen molar-refractivity contribution in [3.05, 3.63) is 98.5 Å². The Labute approximate surface area is 200 Å². The lowest BCUT2D eigenvalue weighted by Gasteiger charge is -2.50. The number of halogens is 2. The molecule has 8 heteroatoms. The number of hydrogen-bond donors (Lipinski definition) is 1. The second kappa shape index (κ2) is 6.93. The molecular formula is C27H23F2N3O3. The summed E-state index contributed by atoms with van der Waals surface area (Å²) >= 11 is 0. The first-order valence-electron chi connectivity index (χ1n) is 12.0. The van der Waals surface area contributed by atoms with Crippen molar-refractivity contribution in [3.8, 4) is 5.75 Å². The molecule has 0 radical (unpaired) electrons. The summed E-state index contributed by atoms with van der Waals surface area (Å²) in [5, 5.41) is 12.7. The lowest BCUT2D eigenvalue weighted by atomic mass is 9.81. The third-order valence-electron chi connectivity index (χ3n) is 8.23. The molecule has 2 unspecified atom stereocenters. The number of amides is 1. The lowest BCUT2D eigenvalue weighted by molar-refractivity contribution is 0.0637. The summed E-state index contributed by atoms with van der Waals surface area (Å²) in [6.07, 6.45) is 4.58. The second-order valence-corrected chi connectivity index (χ2v) is 10.1. The van der Waals surface area contributed by atoms with Crippen molar-refractivity contribution in [1.82, 2.24) is 9.58 Å². The topological polar surface area (TPSA) is 65.8 Å². The fraction of sp³-hybridized carbons (Fsp3) is 0.333. The van der Waals surface area contributed by atoms with Crippen LogP contribution in [0.15, 0.2) is 53.5 Å². The van der Waals surface area contributed by atoms with Gasteiger partial charge in [-0.15, -0.1) is 0 Å². The van der Waals surface area contributed by atoms with Gasteiger partial charge in [0, 0.05) is 24.7 Å². The van der Waals surface area contributed by atoms with Crippen LogP contribution in [0, 0.1) is 23.5 Å². The highest BCUT2D eigenvalue weighted by molar-refractivity contribution is 5.96. The van der Waals surface area contributed by atoms with Crippen molar-refractivity contribution < 1.29 is 18.7 Å². The van der Waals surface area contributed by atoms with Gasteiger partial charge in [-0.25, -0.2) is 8.78 Å². The molecule has 1 aromatic heterocycles. The highest BCUT2D eigenvalue weighted by atomic mass is 19.2. The van der Waals surface area contributed by atoms with E-state index in [1.807, 2.05) is 23.2 Å². The molecule has 1 amide bonds. The van der Waals surface area contributed by atoms with E-state index in [2.05, 4.69) is 6.07 Å². The molecule has 3 aliphatic carbocycles. The Morgan fingerprint density at radius 3 is 2.60 bits per heavy atom. The molecule has 6 nitrogen and oxygen atoms in total. The Morgan fingerprint density at radius 1 is 1.00 bits per heavy atom. The molecule has 2 aromatic carbocycles. The van der Waals surface area contributed by atoms with Crippen LogP contribution in [-0.2, 0) is 18.4 Å². The monoisotopic (exact) mass is 475 g/mol. The number of aromatic nitrogens is 1. The first-order valence-corrected chi connectivity index (χ1v) is 12.0. The minimum atomic E-state index is -0.890. The summed E-state index contributed by atoms with van der Waals surface area (Å²) < 4.78 is 31.0. The minimum Gasteiger partial charge on any atom is -0.502 e. The van der Waals surface area contributed by atoms with E-state index >= 15 is 4.39 Å². The van der Waals surface area contributed by atoms with Gasteiger partial charge in [-0.05, 0) is 59.9 Å². The van der Waals surface area contributed by atoms with Crippen LogP contribution in [0.25, 0.3) is 0 Å². The molecule has 1 fully saturated rings. The minimum absolute atomic E-state index is 0.0852. The quantitative estimate of drug-likeness (QED) is 0.632. The molecule has 0 saturated heterocycles. The Morgan fingerprint density at radius 2 is 1.80 bits per heavy atom. The predicted octanol–water partition coefficient (Wildman–Crippen LogP) is 3.27. The van der Waals surface area contributed by atoms with Crippen LogP contribution in [0.4, 0.5) is 8.78 Å². The molecule has 2 atom stereocenters. The van der Waals surface area contributed by atoms with Crippen molar-refractivity contribution in [2.75, 3.05) is 18.2 Å². The van der Waals surface area contributed by atoms with Gasteiger partial charge >= 0.3 is 0 Å². The van der Waals surface area contributed by atoms with Crippen LogP contribution in [0.3, 0.4) is 0 Å². The summed E-state index contributed by atoms with van der Waals surface area (Å²) in [6.45, 7) is 0.721. The van der Waals surface area contributed by atoms with Crippen molar-refractivity contribution >= 4 is 5.91 Å². The van der Waals surface area contributed by atoms with E-state index in [0.29, 0.717) is 36.4 Å². The van der Waals surface area contributed by atoms with Gasteiger partial charge in [0.15, 0.2) is 23.1 Å². The van der Waals surface area contributed by atoms with Crippen LogP contribution in [0.5, 0.6) is 5.75 Å².